The van der Waals surface area contributed by atoms with E-state index in [4.69, 9.17) is 0 Å². The van der Waals surface area contributed by atoms with Crippen LogP contribution in [0.15, 0.2) is 53.4 Å². The highest BCUT2D eigenvalue weighted by atomic mass is 32.2. The molecule has 27 heavy (non-hydrogen) atoms. The predicted molar refractivity (Wildman–Crippen MR) is 103 cm³/mol. The Balaban J connectivity index is 1.76. The number of aromatic nitrogens is 1. The van der Waals surface area contributed by atoms with Crippen molar-refractivity contribution < 1.29 is 17.6 Å². The smallest absolute Gasteiger partial charge is 0.225 e. The average Bonchev–Trinajstić information content (AvgIpc) is 2.63. The van der Waals surface area contributed by atoms with Crippen molar-refractivity contribution in [1.82, 2.24) is 4.98 Å². The van der Waals surface area contributed by atoms with E-state index in [-0.39, 0.29) is 17.1 Å². The van der Waals surface area contributed by atoms with Crippen LogP contribution in [0.2, 0.25) is 0 Å². The van der Waals surface area contributed by atoms with Gasteiger partial charge in [0.2, 0.25) is 5.91 Å². The minimum atomic E-state index is -3.66. The van der Waals surface area contributed by atoms with E-state index in [2.05, 4.69) is 10.3 Å². The van der Waals surface area contributed by atoms with Crippen molar-refractivity contribution in [3.05, 3.63) is 65.6 Å². The van der Waals surface area contributed by atoms with Crippen LogP contribution in [0.25, 0.3) is 10.9 Å². The molecule has 0 spiro atoms. The van der Waals surface area contributed by atoms with Crippen LogP contribution >= 0.6 is 0 Å². The van der Waals surface area contributed by atoms with Crippen molar-refractivity contribution in [2.75, 3.05) is 11.1 Å². The summed E-state index contributed by atoms with van der Waals surface area (Å²) in [6.45, 7) is 3.75. The van der Waals surface area contributed by atoms with Gasteiger partial charge in [0, 0.05) is 17.5 Å². The molecule has 0 atom stereocenters. The van der Waals surface area contributed by atoms with Gasteiger partial charge in [-0.05, 0) is 61.9 Å². The lowest BCUT2D eigenvalue weighted by atomic mass is 10.1. The molecule has 0 fully saturated rings. The van der Waals surface area contributed by atoms with Gasteiger partial charge in [0.15, 0.2) is 9.84 Å². The van der Waals surface area contributed by atoms with Gasteiger partial charge in [-0.1, -0.05) is 6.07 Å². The summed E-state index contributed by atoms with van der Waals surface area (Å²) in [5.41, 5.74) is 3.12. The zero-order chi connectivity index (χ0) is 19.6. The molecule has 0 saturated carbocycles. The number of sulfone groups is 1. The third kappa shape index (κ3) is 4.31. The molecule has 3 aromatic rings. The van der Waals surface area contributed by atoms with Crippen LogP contribution in [0.3, 0.4) is 0 Å². The standard InChI is InChI=1S/C20H19FN2O3S/c1-13-3-10-18-17(9-4-14(2)22-18)20(13)23-19(24)11-12-27(25,26)16-7-5-15(21)6-8-16/h3-10H,11-12H2,1-2H3,(H,23,24). The van der Waals surface area contributed by atoms with E-state index in [1.165, 1.54) is 12.1 Å². The summed E-state index contributed by atoms with van der Waals surface area (Å²) in [7, 11) is -3.66. The van der Waals surface area contributed by atoms with Crippen LogP contribution < -0.4 is 5.32 Å². The summed E-state index contributed by atoms with van der Waals surface area (Å²) in [5.74, 6) is -1.27. The molecule has 0 radical (unpaired) electrons. The maximum absolute atomic E-state index is 13.0. The maximum Gasteiger partial charge on any atom is 0.225 e. The SMILES string of the molecule is Cc1ccc2c(NC(=O)CCS(=O)(=O)c3ccc(F)cc3)c(C)ccc2n1. The van der Waals surface area contributed by atoms with Crippen LogP contribution in [0.4, 0.5) is 10.1 Å². The largest absolute Gasteiger partial charge is 0.325 e. The van der Waals surface area contributed by atoms with Gasteiger partial charge in [-0.25, -0.2) is 12.8 Å². The fourth-order valence-electron chi connectivity index (χ4n) is 2.77. The van der Waals surface area contributed by atoms with E-state index in [1.807, 2.05) is 38.1 Å². The molecule has 0 unspecified atom stereocenters. The van der Waals surface area contributed by atoms with Crippen molar-refractivity contribution in [3.63, 3.8) is 0 Å². The minimum absolute atomic E-state index is 0.00211. The lowest BCUT2D eigenvalue weighted by molar-refractivity contribution is -0.115. The lowest BCUT2D eigenvalue weighted by Crippen LogP contribution is -2.18. The minimum Gasteiger partial charge on any atom is -0.325 e. The molecule has 2 aromatic carbocycles. The second-order valence-corrected chi connectivity index (χ2v) is 8.46. The Morgan fingerprint density at radius 3 is 2.44 bits per heavy atom. The Bertz CT molecular complexity index is 1110. The molecule has 7 heteroatoms. The molecule has 0 bridgehead atoms. The van der Waals surface area contributed by atoms with Crippen molar-refractivity contribution in [2.45, 2.75) is 25.2 Å². The number of hydrogen-bond acceptors (Lipinski definition) is 4. The molecule has 140 valence electrons. The summed E-state index contributed by atoms with van der Waals surface area (Å²) in [5, 5.41) is 3.60. The van der Waals surface area contributed by atoms with Crippen LogP contribution in [0, 0.1) is 19.7 Å². The topological polar surface area (TPSA) is 76.1 Å². The molecule has 0 saturated heterocycles. The summed E-state index contributed by atoms with van der Waals surface area (Å²) >= 11 is 0. The first-order chi connectivity index (χ1) is 12.8. The number of halogens is 1. The third-order valence-electron chi connectivity index (χ3n) is 4.25. The molecule has 1 heterocycles. The first-order valence-corrected chi connectivity index (χ1v) is 10.1. The number of benzene rings is 2. The first-order valence-electron chi connectivity index (χ1n) is 8.41. The van der Waals surface area contributed by atoms with Crippen molar-refractivity contribution >= 4 is 32.3 Å². The quantitative estimate of drug-likeness (QED) is 0.677. The fourth-order valence-corrected chi connectivity index (χ4v) is 4.01. The molecule has 1 N–H and O–H groups in total. The van der Waals surface area contributed by atoms with Crippen LogP contribution in [0.5, 0.6) is 0 Å². The number of fused-ring (bicyclic) bond motifs is 1. The molecule has 0 aliphatic carbocycles. The number of rotatable bonds is 5. The van der Waals surface area contributed by atoms with Gasteiger partial charge in [0.1, 0.15) is 5.82 Å². The van der Waals surface area contributed by atoms with E-state index in [9.17, 15) is 17.6 Å². The van der Waals surface area contributed by atoms with E-state index >= 15 is 0 Å². The van der Waals surface area contributed by atoms with Gasteiger partial charge in [0.05, 0.1) is 21.9 Å². The van der Waals surface area contributed by atoms with Crippen molar-refractivity contribution in [3.8, 4) is 0 Å². The normalized spacial score (nSPS) is 11.5. The van der Waals surface area contributed by atoms with Gasteiger partial charge in [-0.3, -0.25) is 9.78 Å². The molecular formula is C20H19FN2O3S. The molecule has 0 aliphatic rings. The Labute approximate surface area is 157 Å². The number of nitrogens with zero attached hydrogens (tertiary/aromatic N) is 1. The summed E-state index contributed by atoms with van der Waals surface area (Å²) in [6, 6.07) is 12.1. The molecule has 5 nitrogen and oxygen atoms in total. The lowest BCUT2D eigenvalue weighted by Gasteiger charge is -2.12. The predicted octanol–water partition coefficient (Wildman–Crippen LogP) is 3.79. The number of hydrogen-bond donors (Lipinski definition) is 1. The van der Waals surface area contributed by atoms with E-state index in [1.54, 1.807) is 0 Å². The number of nitrogens with one attached hydrogen (secondary N) is 1. The number of aryl methyl sites for hydroxylation is 2. The third-order valence-corrected chi connectivity index (χ3v) is 5.99. The molecule has 0 aliphatic heterocycles. The van der Waals surface area contributed by atoms with Crippen LogP contribution in [-0.2, 0) is 14.6 Å². The van der Waals surface area contributed by atoms with Crippen molar-refractivity contribution in [1.29, 1.82) is 0 Å². The first kappa shape index (κ1) is 19.0. The van der Waals surface area contributed by atoms with Gasteiger partial charge < -0.3 is 5.32 Å². The molecule has 1 aromatic heterocycles. The van der Waals surface area contributed by atoms with Crippen LogP contribution in [-0.4, -0.2) is 25.1 Å². The Kier molecular flexibility index (Phi) is 5.23. The van der Waals surface area contributed by atoms with Crippen LogP contribution in [0.1, 0.15) is 17.7 Å². The van der Waals surface area contributed by atoms with Gasteiger partial charge in [-0.15, -0.1) is 0 Å². The van der Waals surface area contributed by atoms with E-state index < -0.39 is 21.6 Å². The second kappa shape index (κ2) is 7.44. The van der Waals surface area contributed by atoms with Gasteiger partial charge >= 0.3 is 0 Å². The number of pyridine rings is 1. The van der Waals surface area contributed by atoms with Crippen molar-refractivity contribution in [2.24, 2.45) is 0 Å². The summed E-state index contributed by atoms with van der Waals surface area (Å²) in [4.78, 5) is 16.8. The summed E-state index contributed by atoms with van der Waals surface area (Å²) < 4.78 is 37.6. The second-order valence-electron chi connectivity index (χ2n) is 6.35. The highest BCUT2D eigenvalue weighted by Gasteiger charge is 2.17. The number of amides is 1. The average molecular weight is 386 g/mol. The summed E-state index contributed by atoms with van der Waals surface area (Å²) in [6.07, 6.45) is -0.200. The fraction of sp³-hybridized carbons (Fsp3) is 0.200. The zero-order valence-electron chi connectivity index (χ0n) is 15.0. The van der Waals surface area contributed by atoms with E-state index in [0.717, 1.165) is 34.3 Å². The Morgan fingerprint density at radius 1 is 1.04 bits per heavy atom. The maximum atomic E-state index is 13.0. The molecule has 1 amide bonds. The van der Waals surface area contributed by atoms with E-state index in [0.29, 0.717) is 5.69 Å². The number of carbonyl (C=O) groups is 1. The highest BCUT2D eigenvalue weighted by molar-refractivity contribution is 7.91. The number of carbonyl (C=O) groups excluding carboxylic acids is 1. The van der Waals surface area contributed by atoms with Gasteiger partial charge in [0.25, 0.3) is 0 Å². The molecular weight excluding hydrogens is 367 g/mol. The zero-order valence-corrected chi connectivity index (χ0v) is 15.8. The molecule has 3 rings (SSSR count). The van der Waals surface area contributed by atoms with Gasteiger partial charge in [-0.2, -0.15) is 0 Å². The monoisotopic (exact) mass is 386 g/mol. The number of anilines is 1. The highest BCUT2D eigenvalue weighted by Crippen LogP contribution is 2.26. The Morgan fingerprint density at radius 2 is 1.74 bits per heavy atom. The Hall–Kier alpha value is -2.80.